The van der Waals surface area contributed by atoms with Gasteiger partial charge in [-0.2, -0.15) is 0 Å². The molecule has 0 saturated carbocycles. The van der Waals surface area contributed by atoms with Crippen LogP contribution < -0.4 is 0 Å². The van der Waals surface area contributed by atoms with Crippen LogP contribution in [0, 0.1) is 5.41 Å². The van der Waals surface area contributed by atoms with Gasteiger partial charge < -0.3 is 4.43 Å². The Balaban J connectivity index is 2.24. The number of hydrogen-bond acceptors (Lipinski definition) is 2. The van der Waals surface area contributed by atoms with Crippen molar-refractivity contribution in [2.24, 2.45) is 5.41 Å². The Kier molecular flexibility index (Phi) is 3.92. The highest BCUT2D eigenvalue weighted by atomic mass is 32.2. The van der Waals surface area contributed by atoms with E-state index < -0.39 is 19.1 Å². The van der Waals surface area contributed by atoms with Crippen LogP contribution in [0.15, 0.2) is 12.2 Å². The Labute approximate surface area is 121 Å². The predicted molar refractivity (Wildman–Crippen MR) is 85.3 cm³/mol. The van der Waals surface area contributed by atoms with Gasteiger partial charge in [0.15, 0.2) is 8.32 Å². The van der Waals surface area contributed by atoms with Crippen molar-refractivity contribution < 1.29 is 8.63 Å². The summed E-state index contributed by atoms with van der Waals surface area (Å²) in [5.41, 5.74) is -0.0152. The average molecular weight is 301 g/mol. The Hall–Kier alpha value is 0.0669. The molecule has 0 amide bonds. The molecule has 19 heavy (non-hydrogen) atoms. The smallest absolute Gasteiger partial charge is 0.192 e. The predicted octanol–water partition coefficient (Wildman–Crippen LogP) is 3.86. The summed E-state index contributed by atoms with van der Waals surface area (Å²) >= 11 is 0. The average Bonchev–Trinajstić information content (AvgIpc) is 2.49. The summed E-state index contributed by atoms with van der Waals surface area (Å²) in [6.07, 6.45) is 6.79. The highest BCUT2D eigenvalue weighted by Gasteiger charge is 2.53. The van der Waals surface area contributed by atoms with Crippen LogP contribution in [0.4, 0.5) is 0 Å². The van der Waals surface area contributed by atoms with Crippen LogP contribution in [0.25, 0.3) is 0 Å². The summed E-state index contributed by atoms with van der Waals surface area (Å²) in [5, 5.41) is 0.508. The van der Waals surface area contributed by atoms with E-state index in [4.69, 9.17) is 4.43 Å². The van der Waals surface area contributed by atoms with Crippen molar-refractivity contribution in [3.05, 3.63) is 12.2 Å². The maximum atomic E-state index is 12.4. The van der Waals surface area contributed by atoms with E-state index in [9.17, 15) is 4.21 Å². The monoisotopic (exact) mass is 300 g/mol. The SMILES string of the molecule is CC(C)(C)[Si](C)(C)O[C@H]1C[S@](=O)[C@@H]2CCC=C[C@]12C. The number of hydrogen-bond donors (Lipinski definition) is 0. The minimum absolute atomic E-state index is 0.0152. The van der Waals surface area contributed by atoms with Gasteiger partial charge in [0.1, 0.15) is 0 Å². The first-order valence-electron chi connectivity index (χ1n) is 7.30. The Bertz CT molecular complexity index is 411. The first-order valence-corrected chi connectivity index (χ1v) is 11.6. The summed E-state index contributed by atoms with van der Waals surface area (Å²) < 4.78 is 19.0. The van der Waals surface area contributed by atoms with Gasteiger partial charge in [0.25, 0.3) is 0 Å². The van der Waals surface area contributed by atoms with E-state index in [0.717, 1.165) is 18.6 Å². The Morgan fingerprint density at radius 3 is 2.58 bits per heavy atom. The van der Waals surface area contributed by atoms with Gasteiger partial charge in [-0.3, -0.25) is 4.21 Å². The van der Waals surface area contributed by atoms with Crippen molar-refractivity contribution in [1.82, 2.24) is 0 Å². The van der Waals surface area contributed by atoms with Crippen molar-refractivity contribution >= 4 is 19.1 Å². The maximum Gasteiger partial charge on any atom is 0.192 e. The topological polar surface area (TPSA) is 26.3 Å². The molecule has 0 spiro atoms. The third kappa shape index (κ3) is 2.64. The molecule has 1 fully saturated rings. The molecule has 4 atom stereocenters. The lowest BCUT2D eigenvalue weighted by Gasteiger charge is -2.43. The lowest BCUT2D eigenvalue weighted by molar-refractivity contribution is 0.104. The minimum atomic E-state index is -1.79. The van der Waals surface area contributed by atoms with Crippen LogP contribution >= 0.6 is 0 Å². The molecule has 2 nitrogen and oxygen atoms in total. The van der Waals surface area contributed by atoms with Crippen LogP contribution in [-0.2, 0) is 15.2 Å². The second kappa shape index (κ2) is 4.81. The van der Waals surface area contributed by atoms with E-state index >= 15 is 0 Å². The molecule has 0 N–H and O–H groups in total. The van der Waals surface area contributed by atoms with E-state index in [1.165, 1.54) is 0 Å². The molecular weight excluding hydrogens is 272 g/mol. The van der Waals surface area contributed by atoms with Gasteiger partial charge in [0.2, 0.25) is 0 Å². The molecule has 0 aromatic carbocycles. The number of rotatable bonds is 2. The van der Waals surface area contributed by atoms with Gasteiger partial charge >= 0.3 is 0 Å². The van der Waals surface area contributed by atoms with E-state index in [0.29, 0.717) is 5.25 Å². The molecule has 0 radical (unpaired) electrons. The van der Waals surface area contributed by atoms with Crippen molar-refractivity contribution in [3.8, 4) is 0 Å². The van der Waals surface area contributed by atoms with Crippen molar-refractivity contribution in [3.63, 3.8) is 0 Å². The quantitative estimate of drug-likeness (QED) is 0.572. The summed E-state index contributed by atoms with van der Waals surface area (Å²) in [6.45, 7) is 13.6. The molecule has 0 aromatic heterocycles. The normalized spacial score (nSPS) is 39.4. The fraction of sp³-hybridized carbons (Fsp3) is 0.867. The third-order valence-corrected chi connectivity index (χ3v) is 11.8. The van der Waals surface area contributed by atoms with Crippen molar-refractivity contribution in [2.75, 3.05) is 5.75 Å². The molecule has 2 rings (SSSR count). The zero-order chi connectivity index (χ0) is 14.5. The van der Waals surface area contributed by atoms with E-state index in [1.807, 2.05) is 0 Å². The van der Waals surface area contributed by atoms with Gasteiger partial charge in [-0.15, -0.1) is 0 Å². The summed E-state index contributed by atoms with van der Waals surface area (Å²) in [7, 11) is -2.52. The van der Waals surface area contributed by atoms with Crippen LogP contribution in [0.5, 0.6) is 0 Å². The van der Waals surface area contributed by atoms with Gasteiger partial charge in [-0.05, 0) is 31.0 Å². The van der Waals surface area contributed by atoms with Gasteiger partial charge in [0.05, 0.1) is 6.10 Å². The summed E-state index contributed by atoms with van der Waals surface area (Å²) in [6, 6.07) is 0. The molecule has 0 bridgehead atoms. The highest BCUT2D eigenvalue weighted by molar-refractivity contribution is 7.86. The molecule has 1 heterocycles. The molecule has 4 heteroatoms. The molecule has 1 saturated heterocycles. The zero-order valence-electron chi connectivity index (χ0n) is 13.2. The molecule has 0 aromatic rings. The van der Waals surface area contributed by atoms with Crippen molar-refractivity contribution in [2.45, 2.75) is 70.0 Å². The Morgan fingerprint density at radius 1 is 1.37 bits per heavy atom. The van der Waals surface area contributed by atoms with E-state index in [1.54, 1.807) is 0 Å². The van der Waals surface area contributed by atoms with E-state index in [2.05, 4.69) is 52.9 Å². The second-order valence-electron chi connectivity index (χ2n) is 7.75. The molecule has 1 aliphatic carbocycles. The number of fused-ring (bicyclic) bond motifs is 1. The van der Waals surface area contributed by atoms with E-state index in [-0.39, 0.29) is 16.6 Å². The van der Waals surface area contributed by atoms with Crippen LogP contribution in [0.3, 0.4) is 0 Å². The lowest BCUT2D eigenvalue weighted by atomic mass is 9.77. The maximum absolute atomic E-state index is 12.4. The number of allylic oxidation sites excluding steroid dienone is 1. The fourth-order valence-electron chi connectivity index (χ4n) is 2.87. The van der Waals surface area contributed by atoms with Gasteiger partial charge in [-0.25, -0.2) is 0 Å². The zero-order valence-corrected chi connectivity index (χ0v) is 15.0. The van der Waals surface area contributed by atoms with Crippen molar-refractivity contribution in [1.29, 1.82) is 0 Å². The van der Waals surface area contributed by atoms with Crippen LogP contribution in [0.1, 0.15) is 40.5 Å². The molecular formula is C15H28O2SSi. The Morgan fingerprint density at radius 2 is 2.00 bits per heavy atom. The largest absolute Gasteiger partial charge is 0.412 e. The minimum Gasteiger partial charge on any atom is -0.412 e. The van der Waals surface area contributed by atoms with Crippen LogP contribution in [0.2, 0.25) is 18.1 Å². The summed E-state index contributed by atoms with van der Waals surface area (Å²) in [4.78, 5) is 0. The molecule has 110 valence electrons. The molecule has 1 aliphatic heterocycles. The fourth-order valence-corrected chi connectivity index (χ4v) is 6.55. The van der Waals surface area contributed by atoms with Gasteiger partial charge in [-0.1, -0.05) is 39.8 Å². The second-order valence-corrected chi connectivity index (χ2v) is 14.2. The first-order chi connectivity index (χ1) is 8.58. The first kappa shape index (κ1) is 15.5. The standard InChI is InChI=1S/C15H28O2SSi/c1-14(2,3)19(5,6)17-12-11-18(16)13-9-7-8-10-15(12,13)4/h8,10,12-13H,7,9,11H2,1-6H3/t12-,13+,15+,18-/m0/s1. The van der Waals surface area contributed by atoms with Crippen LogP contribution in [-0.4, -0.2) is 29.6 Å². The summed E-state index contributed by atoms with van der Waals surface area (Å²) in [5.74, 6) is 0.720. The highest BCUT2D eigenvalue weighted by Crippen LogP contribution is 2.48. The lowest BCUT2D eigenvalue weighted by Crippen LogP contribution is -2.49. The third-order valence-electron chi connectivity index (χ3n) is 5.34. The van der Waals surface area contributed by atoms with Gasteiger partial charge in [0, 0.05) is 27.2 Å². The molecule has 0 unspecified atom stereocenters. The molecule has 2 aliphatic rings.